The maximum Gasteiger partial charge on any atom is 0.253 e. The van der Waals surface area contributed by atoms with E-state index in [1.54, 1.807) is 41.3 Å². The average Bonchev–Trinajstić information content (AvgIpc) is 3.10. The minimum atomic E-state index is -3.33. The van der Waals surface area contributed by atoms with Crippen LogP contribution in [-0.2, 0) is 10.0 Å². The molecule has 0 spiro atoms. The highest BCUT2D eigenvalue weighted by molar-refractivity contribution is 7.92. The van der Waals surface area contributed by atoms with Gasteiger partial charge in [0.05, 0.1) is 11.9 Å². The molecule has 0 aromatic heterocycles. The first-order valence-corrected chi connectivity index (χ1v) is 10.2. The fourth-order valence-corrected chi connectivity index (χ4v) is 3.64. The second kappa shape index (κ2) is 7.07. The number of hydrogen-bond donors (Lipinski definition) is 0. The van der Waals surface area contributed by atoms with Gasteiger partial charge >= 0.3 is 0 Å². The summed E-state index contributed by atoms with van der Waals surface area (Å²) in [6.07, 6.45) is 1.97. The second-order valence-electron chi connectivity index (χ2n) is 6.57. The Morgan fingerprint density at radius 1 is 1.12 bits per heavy atom. The minimum absolute atomic E-state index is 0.0804. The number of benzene rings is 2. The van der Waals surface area contributed by atoms with E-state index in [2.05, 4.69) is 0 Å². The molecule has 7 heteroatoms. The van der Waals surface area contributed by atoms with Crippen LogP contribution in [-0.4, -0.2) is 45.6 Å². The monoisotopic (exact) mass is 376 g/mol. The zero-order chi connectivity index (χ0) is 18.9. The van der Waals surface area contributed by atoms with Gasteiger partial charge in [-0.15, -0.1) is 0 Å². The van der Waals surface area contributed by atoms with E-state index in [1.807, 2.05) is 0 Å². The van der Waals surface area contributed by atoms with Gasteiger partial charge in [0.15, 0.2) is 0 Å². The van der Waals surface area contributed by atoms with E-state index in [0.29, 0.717) is 24.3 Å². The molecule has 1 heterocycles. The number of nitrogens with zero attached hydrogens (tertiary/aromatic N) is 2. The van der Waals surface area contributed by atoms with Crippen molar-refractivity contribution < 1.29 is 17.6 Å². The van der Waals surface area contributed by atoms with Crippen LogP contribution in [0.1, 0.15) is 28.3 Å². The van der Waals surface area contributed by atoms with Crippen molar-refractivity contribution in [2.24, 2.45) is 0 Å². The molecule has 1 aliphatic rings. The van der Waals surface area contributed by atoms with Gasteiger partial charge in [-0.2, -0.15) is 0 Å². The fourth-order valence-electron chi connectivity index (χ4n) is 3.14. The maximum absolute atomic E-state index is 13.1. The Morgan fingerprint density at radius 2 is 1.73 bits per heavy atom. The van der Waals surface area contributed by atoms with Gasteiger partial charge in [-0.25, -0.2) is 12.8 Å². The van der Waals surface area contributed by atoms with E-state index in [9.17, 15) is 17.6 Å². The molecule has 5 nitrogen and oxygen atoms in total. The maximum atomic E-state index is 13.1. The van der Waals surface area contributed by atoms with Gasteiger partial charge in [0.2, 0.25) is 10.0 Å². The Labute approximate surface area is 153 Å². The van der Waals surface area contributed by atoms with Gasteiger partial charge < -0.3 is 4.90 Å². The summed E-state index contributed by atoms with van der Waals surface area (Å²) in [6, 6.07) is 13.0. The van der Waals surface area contributed by atoms with E-state index < -0.39 is 10.0 Å². The molecule has 0 saturated carbocycles. The van der Waals surface area contributed by atoms with Crippen molar-refractivity contribution in [2.45, 2.75) is 12.3 Å². The molecule has 0 N–H and O–H groups in total. The van der Waals surface area contributed by atoms with Crippen LogP contribution >= 0.6 is 0 Å². The van der Waals surface area contributed by atoms with Crippen molar-refractivity contribution in [2.75, 3.05) is 30.7 Å². The van der Waals surface area contributed by atoms with Crippen LogP contribution in [0.3, 0.4) is 0 Å². The quantitative estimate of drug-likeness (QED) is 0.824. The molecule has 1 aliphatic heterocycles. The Morgan fingerprint density at radius 3 is 2.31 bits per heavy atom. The largest absolute Gasteiger partial charge is 0.338 e. The summed E-state index contributed by atoms with van der Waals surface area (Å²) in [6.45, 7) is 1.24. The van der Waals surface area contributed by atoms with Gasteiger partial charge in [-0.05, 0) is 48.4 Å². The zero-order valence-corrected chi connectivity index (χ0v) is 15.5. The standard InChI is InChI=1S/C19H21FN2O3S/c1-21(26(2,24)25)18-9-5-15(6-10-18)19(23)22-12-11-16(13-22)14-3-7-17(20)8-4-14/h3-10,16H,11-13H2,1-2H3/t16-/m1/s1. The highest BCUT2D eigenvalue weighted by Gasteiger charge is 2.28. The third-order valence-corrected chi connectivity index (χ3v) is 6.00. The number of halogens is 1. The summed E-state index contributed by atoms with van der Waals surface area (Å²) in [4.78, 5) is 14.5. The van der Waals surface area contributed by atoms with E-state index in [0.717, 1.165) is 18.2 Å². The zero-order valence-electron chi connectivity index (χ0n) is 14.7. The predicted octanol–water partition coefficient (Wildman–Crippen LogP) is 2.85. The summed E-state index contributed by atoms with van der Waals surface area (Å²) in [7, 11) is -1.86. The van der Waals surface area contributed by atoms with E-state index >= 15 is 0 Å². The SMILES string of the molecule is CN(c1ccc(C(=O)N2CC[C@@H](c3ccc(F)cc3)C2)cc1)S(C)(=O)=O. The van der Waals surface area contributed by atoms with E-state index in [1.165, 1.54) is 23.5 Å². The molecule has 1 saturated heterocycles. The number of hydrogen-bond acceptors (Lipinski definition) is 3. The lowest BCUT2D eigenvalue weighted by atomic mass is 9.98. The van der Waals surface area contributed by atoms with Crippen molar-refractivity contribution in [1.82, 2.24) is 4.90 Å². The van der Waals surface area contributed by atoms with Gasteiger partial charge in [-0.3, -0.25) is 9.10 Å². The molecule has 0 unspecified atom stereocenters. The second-order valence-corrected chi connectivity index (χ2v) is 8.58. The first-order chi connectivity index (χ1) is 12.3. The van der Waals surface area contributed by atoms with Crippen molar-refractivity contribution in [1.29, 1.82) is 0 Å². The number of anilines is 1. The summed E-state index contributed by atoms with van der Waals surface area (Å²) >= 11 is 0. The molecule has 0 radical (unpaired) electrons. The predicted molar refractivity (Wildman–Crippen MR) is 99.4 cm³/mol. The molecule has 138 valence electrons. The van der Waals surface area contributed by atoms with E-state index in [4.69, 9.17) is 0 Å². The Bertz CT molecular complexity index is 895. The van der Waals surface area contributed by atoms with Gasteiger partial charge in [0, 0.05) is 31.6 Å². The van der Waals surface area contributed by atoms with Crippen LogP contribution in [0.2, 0.25) is 0 Å². The van der Waals surface area contributed by atoms with Gasteiger partial charge in [-0.1, -0.05) is 12.1 Å². The van der Waals surface area contributed by atoms with Crippen LogP contribution < -0.4 is 4.31 Å². The van der Waals surface area contributed by atoms with Gasteiger partial charge in [0.25, 0.3) is 5.91 Å². The van der Waals surface area contributed by atoms with Crippen molar-refractivity contribution in [3.05, 3.63) is 65.5 Å². The molecular weight excluding hydrogens is 355 g/mol. The molecule has 1 amide bonds. The van der Waals surface area contributed by atoms with Crippen LogP contribution in [0.25, 0.3) is 0 Å². The van der Waals surface area contributed by atoms with Crippen LogP contribution in [0, 0.1) is 5.82 Å². The normalized spacial score (nSPS) is 17.3. The van der Waals surface area contributed by atoms with Crippen LogP contribution in [0.15, 0.2) is 48.5 Å². The number of carbonyl (C=O) groups is 1. The van der Waals surface area contributed by atoms with Crippen LogP contribution in [0.5, 0.6) is 0 Å². The number of rotatable bonds is 4. The van der Waals surface area contributed by atoms with Crippen molar-refractivity contribution in [3.63, 3.8) is 0 Å². The van der Waals surface area contributed by atoms with Crippen LogP contribution in [0.4, 0.5) is 10.1 Å². The average molecular weight is 376 g/mol. The molecule has 1 atom stereocenters. The van der Waals surface area contributed by atoms with Crippen molar-refractivity contribution >= 4 is 21.6 Å². The lowest BCUT2D eigenvalue weighted by Crippen LogP contribution is -2.28. The molecule has 0 aliphatic carbocycles. The Hall–Kier alpha value is -2.41. The number of likely N-dealkylation sites (tertiary alicyclic amines) is 1. The van der Waals surface area contributed by atoms with Crippen molar-refractivity contribution in [3.8, 4) is 0 Å². The molecule has 2 aromatic rings. The highest BCUT2D eigenvalue weighted by Crippen LogP contribution is 2.28. The summed E-state index contributed by atoms with van der Waals surface area (Å²) in [5.74, 6) is -0.141. The fraction of sp³-hybridized carbons (Fsp3) is 0.316. The molecule has 3 rings (SSSR count). The van der Waals surface area contributed by atoms with Gasteiger partial charge in [0.1, 0.15) is 5.82 Å². The molecule has 26 heavy (non-hydrogen) atoms. The molecule has 2 aromatic carbocycles. The molecular formula is C19H21FN2O3S. The third-order valence-electron chi connectivity index (χ3n) is 4.79. The lowest BCUT2D eigenvalue weighted by Gasteiger charge is -2.19. The molecule has 0 bridgehead atoms. The summed E-state index contributed by atoms with van der Waals surface area (Å²) < 4.78 is 37.4. The Balaban J connectivity index is 1.69. The summed E-state index contributed by atoms with van der Waals surface area (Å²) in [5, 5.41) is 0. The number of sulfonamides is 1. The topological polar surface area (TPSA) is 57.7 Å². The Kier molecular flexibility index (Phi) is 5.00. The lowest BCUT2D eigenvalue weighted by molar-refractivity contribution is 0.0791. The highest BCUT2D eigenvalue weighted by atomic mass is 32.2. The number of amides is 1. The first-order valence-electron chi connectivity index (χ1n) is 8.34. The smallest absolute Gasteiger partial charge is 0.253 e. The molecule has 1 fully saturated rings. The summed E-state index contributed by atoms with van der Waals surface area (Å²) in [5.41, 5.74) is 2.07. The number of carbonyl (C=O) groups excluding carboxylic acids is 1. The third kappa shape index (κ3) is 3.88. The van der Waals surface area contributed by atoms with E-state index in [-0.39, 0.29) is 17.6 Å². The first kappa shape index (κ1) is 18.4. The minimum Gasteiger partial charge on any atom is -0.338 e.